The first kappa shape index (κ1) is 11.6. The van der Waals surface area contributed by atoms with Gasteiger partial charge in [-0.15, -0.1) is 0 Å². The Bertz CT molecular complexity index is 319. The maximum absolute atomic E-state index is 11.6. The third-order valence-corrected chi connectivity index (χ3v) is 2.27. The predicted octanol–water partition coefficient (Wildman–Crippen LogP) is 2.49. The van der Waals surface area contributed by atoms with Crippen LogP contribution in [0.15, 0.2) is 24.3 Å². The molecule has 3 heteroatoms. The zero-order valence-electron chi connectivity index (χ0n) is 9.07. The van der Waals surface area contributed by atoms with Crippen molar-refractivity contribution in [2.45, 2.75) is 26.2 Å². The number of hydrogen-bond donors (Lipinski definition) is 1. The van der Waals surface area contributed by atoms with Crippen molar-refractivity contribution < 1.29 is 9.53 Å². The average molecular weight is 206 g/mol. The van der Waals surface area contributed by atoms with E-state index in [1.807, 2.05) is 19.1 Å². The molecule has 0 spiro atoms. The SMILES string of the molecule is C[CH]OC(=O)C(CC)c1ccc(N)cc1. The van der Waals surface area contributed by atoms with Gasteiger partial charge < -0.3 is 10.5 Å². The van der Waals surface area contributed by atoms with Crippen LogP contribution in [0, 0.1) is 6.61 Å². The van der Waals surface area contributed by atoms with Crippen LogP contribution in [0.25, 0.3) is 0 Å². The van der Waals surface area contributed by atoms with Crippen molar-refractivity contribution >= 4 is 11.7 Å². The van der Waals surface area contributed by atoms with Gasteiger partial charge in [-0.25, -0.2) is 0 Å². The van der Waals surface area contributed by atoms with Gasteiger partial charge in [0.2, 0.25) is 0 Å². The van der Waals surface area contributed by atoms with Crippen molar-refractivity contribution in [1.29, 1.82) is 0 Å². The van der Waals surface area contributed by atoms with Gasteiger partial charge in [0.15, 0.2) is 0 Å². The molecule has 1 rings (SSSR count). The summed E-state index contributed by atoms with van der Waals surface area (Å²) in [7, 11) is 0. The fraction of sp³-hybridized carbons (Fsp3) is 0.333. The fourth-order valence-corrected chi connectivity index (χ4v) is 1.47. The Kier molecular flexibility index (Phi) is 4.16. The van der Waals surface area contributed by atoms with Gasteiger partial charge in [-0.05, 0) is 31.0 Å². The normalized spacial score (nSPS) is 12.1. The quantitative estimate of drug-likeness (QED) is 0.608. The van der Waals surface area contributed by atoms with Gasteiger partial charge in [0.1, 0.15) is 6.61 Å². The highest BCUT2D eigenvalue weighted by Crippen LogP contribution is 2.22. The van der Waals surface area contributed by atoms with Crippen LogP contribution in [0.4, 0.5) is 5.69 Å². The van der Waals surface area contributed by atoms with E-state index in [0.717, 1.165) is 12.0 Å². The van der Waals surface area contributed by atoms with Crippen LogP contribution >= 0.6 is 0 Å². The maximum atomic E-state index is 11.6. The first-order valence-corrected chi connectivity index (χ1v) is 5.02. The van der Waals surface area contributed by atoms with Crippen molar-refractivity contribution in [1.82, 2.24) is 0 Å². The van der Waals surface area contributed by atoms with Crippen molar-refractivity contribution in [3.63, 3.8) is 0 Å². The van der Waals surface area contributed by atoms with Gasteiger partial charge in [0.05, 0.1) is 5.92 Å². The van der Waals surface area contributed by atoms with Crippen LogP contribution in [0.5, 0.6) is 0 Å². The summed E-state index contributed by atoms with van der Waals surface area (Å²) >= 11 is 0. The van der Waals surface area contributed by atoms with E-state index in [1.54, 1.807) is 19.1 Å². The molecule has 0 aliphatic heterocycles. The first-order valence-electron chi connectivity index (χ1n) is 5.02. The highest BCUT2D eigenvalue weighted by Gasteiger charge is 2.19. The molecule has 2 N–H and O–H groups in total. The zero-order chi connectivity index (χ0) is 11.3. The second-order valence-corrected chi connectivity index (χ2v) is 3.30. The molecule has 0 fully saturated rings. The molecule has 0 saturated carbocycles. The zero-order valence-corrected chi connectivity index (χ0v) is 9.07. The van der Waals surface area contributed by atoms with E-state index in [9.17, 15) is 4.79 Å². The number of rotatable bonds is 4. The van der Waals surface area contributed by atoms with Crippen molar-refractivity contribution in [2.75, 3.05) is 5.73 Å². The minimum atomic E-state index is -0.218. The Morgan fingerprint density at radius 1 is 1.47 bits per heavy atom. The van der Waals surface area contributed by atoms with Gasteiger partial charge >= 0.3 is 5.97 Å². The monoisotopic (exact) mass is 206 g/mol. The molecule has 1 aromatic rings. The number of carbonyl (C=O) groups excluding carboxylic acids is 1. The van der Waals surface area contributed by atoms with Gasteiger partial charge in [0, 0.05) is 5.69 Å². The first-order chi connectivity index (χ1) is 7.19. The van der Waals surface area contributed by atoms with Gasteiger partial charge in [-0.3, -0.25) is 4.79 Å². The van der Waals surface area contributed by atoms with Crippen LogP contribution in [0.3, 0.4) is 0 Å². The van der Waals surface area contributed by atoms with Gasteiger partial charge in [-0.2, -0.15) is 0 Å². The van der Waals surface area contributed by atoms with E-state index >= 15 is 0 Å². The molecule has 3 nitrogen and oxygen atoms in total. The van der Waals surface area contributed by atoms with E-state index in [4.69, 9.17) is 10.5 Å². The standard InChI is InChI=1S/C12H16NO2/c1-3-11(12(14)15-4-2)9-5-7-10(13)8-6-9/h4-8,11H,3,13H2,1-2H3. The molecular weight excluding hydrogens is 190 g/mol. The van der Waals surface area contributed by atoms with E-state index in [0.29, 0.717) is 5.69 Å². The molecule has 0 bridgehead atoms. The molecule has 0 heterocycles. The molecule has 15 heavy (non-hydrogen) atoms. The van der Waals surface area contributed by atoms with Crippen LogP contribution in [-0.4, -0.2) is 5.97 Å². The fourth-order valence-electron chi connectivity index (χ4n) is 1.47. The summed E-state index contributed by atoms with van der Waals surface area (Å²) in [4.78, 5) is 11.6. The summed E-state index contributed by atoms with van der Waals surface area (Å²) < 4.78 is 4.88. The Hall–Kier alpha value is -1.51. The molecular formula is C12H16NO2. The van der Waals surface area contributed by atoms with Crippen molar-refractivity contribution in [3.05, 3.63) is 36.4 Å². The van der Waals surface area contributed by atoms with Gasteiger partial charge in [-0.1, -0.05) is 19.1 Å². The van der Waals surface area contributed by atoms with Crippen molar-refractivity contribution in [3.8, 4) is 0 Å². The minimum absolute atomic E-state index is 0.207. The number of hydrogen-bond acceptors (Lipinski definition) is 3. The predicted molar refractivity (Wildman–Crippen MR) is 60.0 cm³/mol. The lowest BCUT2D eigenvalue weighted by Gasteiger charge is -2.13. The van der Waals surface area contributed by atoms with Crippen LogP contribution in [0.2, 0.25) is 0 Å². The second-order valence-electron chi connectivity index (χ2n) is 3.30. The van der Waals surface area contributed by atoms with E-state index in [-0.39, 0.29) is 11.9 Å². The topological polar surface area (TPSA) is 52.3 Å². The third kappa shape index (κ3) is 2.98. The molecule has 0 saturated heterocycles. The molecule has 1 aromatic carbocycles. The highest BCUT2D eigenvalue weighted by molar-refractivity contribution is 5.78. The molecule has 0 aliphatic rings. The Morgan fingerprint density at radius 3 is 2.53 bits per heavy atom. The second kappa shape index (κ2) is 5.39. The lowest BCUT2D eigenvalue weighted by Crippen LogP contribution is -2.13. The van der Waals surface area contributed by atoms with E-state index in [2.05, 4.69) is 0 Å². The number of esters is 1. The molecule has 0 aliphatic carbocycles. The molecule has 0 amide bonds. The van der Waals surface area contributed by atoms with Gasteiger partial charge in [0.25, 0.3) is 0 Å². The summed E-state index contributed by atoms with van der Waals surface area (Å²) in [6.07, 6.45) is 0.719. The number of ether oxygens (including phenoxy) is 1. The van der Waals surface area contributed by atoms with E-state index < -0.39 is 0 Å². The summed E-state index contributed by atoms with van der Waals surface area (Å²) in [5, 5.41) is 0. The smallest absolute Gasteiger partial charge is 0.313 e. The summed E-state index contributed by atoms with van der Waals surface area (Å²) in [6.45, 7) is 5.05. The Morgan fingerprint density at radius 2 is 2.07 bits per heavy atom. The summed E-state index contributed by atoms with van der Waals surface area (Å²) in [6, 6.07) is 7.31. The Balaban J connectivity index is 2.82. The Labute approximate surface area is 90.2 Å². The summed E-state index contributed by atoms with van der Waals surface area (Å²) in [5.41, 5.74) is 7.22. The highest BCUT2D eigenvalue weighted by atomic mass is 16.5. The van der Waals surface area contributed by atoms with Crippen LogP contribution in [-0.2, 0) is 9.53 Å². The number of nitrogens with two attached hydrogens (primary N) is 1. The maximum Gasteiger partial charge on any atom is 0.313 e. The molecule has 0 aromatic heterocycles. The van der Waals surface area contributed by atoms with Crippen LogP contribution in [0.1, 0.15) is 31.7 Å². The average Bonchev–Trinajstić information content (AvgIpc) is 2.22. The molecule has 81 valence electrons. The number of nitrogen functional groups attached to an aromatic ring is 1. The van der Waals surface area contributed by atoms with E-state index in [1.165, 1.54) is 6.61 Å². The lowest BCUT2D eigenvalue weighted by atomic mass is 9.96. The lowest BCUT2D eigenvalue weighted by molar-refractivity contribution is -0.141. The minimum Gasteiger partial charge on any atom is -0.458 e. The third-order valence-electron chi connectivity index (χ3n) is 2.27. The number of carbonyl (C=O) groups is 1. The van der Waals surface area contributed by atoms with Crippen molar-refractivity contribution in [2.24, 2.45) is 0 Å². The van der Waals surface area contributed by atoms with Crippen LogP contribution < -0.4 is 5.73 Å². The molecule has 1 atom stereocenters. The largest absolute Gasteiger partial charge is 0.458 e. The molecule has 1 unspecified atom stereocenters. The number of benzene rings is 1. The molecule has 1 radical (unpaired) electrons. The number of anilines is 1. The summed E-state index contributed by atoms with van der Waals surface area (Å²) in [5.74, 6) is -0.424.